The highest BCUT2D eigenvalue weighted by Gasteiger charge is 1.91. The fraction of sp³-hybridized carbons (Fsp3) is 1.00. The van der Waals surface area contributed by atoms with Crippen molar-refractivity contribution in [3.63, 3.8) is 0 Å². The Kier molecular flexibility index (Phi) is 9.83. The van der Waals surface area contributed by atoms with Crippen LogP contribution in [0, 0.1) is 0 Å². The van der Waals surface area contributed by atoms with Gasteiger partial charge in [-0.15, -0.1) is 0 Å². The first-order valence-electron chi connectivity index (χ1n) is 4.48. The van der Waals surface area contributed by atoms with Gasteiger partial charge in [-0.1, -0.05) is 0 Å². The van der Waals surface area contributed by atoms with E-state index >= 15 is 0 Å². The molecule has 0 aliphatic rings. The van der Waals surface area contributed by atoms with Crippen molar-refractivity contribution in [1.82, 2.24) is 4.90 Å². The van der Waals surface area contributed by atoms with Gasteiger partial charge in [0.05, 0.1) is 0 Å². The van der Waals surface area contributed by atoms with E-state index < -0.39 is 0 Å². The molecule has 0 aromatic rings. The minimum Gasteiger partial charge on any atom is -0.506 e. The van der Waals surface area contributed by atoms with Crippen LogP contribution in [0.15, 0.2) is 0 Å². The molecule has 0 radical (unpaired) electrons. The van der Waals surface area contributed by atoms with Gasteiger partial charge >= 0.3 is 16.6 Å². The van der Waals surface area contributed by atoms with Gasteiger partial charge in [0.2, 0.25) is 0 Å². The van der Waals surface area contributed by atoms with E-state index in [1.54, 1.807) is 0 Å². The first-order valence-corrected chi connectivity index (χ1v) is 5.30. The molecule has 3 nitrogen and oxygen atoms in total. The fourth-order valence-corrected chi connectivity index (χ4v) is 1.18. The van der Waals surface area contributed by atoms with Gasteiger partial charge in [-0.3, -0.25) is 0 Å². The third-order valence-electron chi connectivity index (χ3n) is 1.53. The standard InChI is InChI=1S/C8H18NO2.Al.2H/c1-9(2)5-3-7-11-8-4-6-10;;;/h3-8H2,1-2H3;;;/q-1;+1;;. The van der Waals surface area contributed by atoms with Crippen LogP contribution in [0.3, 0.4) is 0 Å². The minimum absolute atomic E-state index is 0.843. The van der Waals surface area contributed by atoms with E-state index in [9.17, 15) is 0 Å². The van der Waals surface area contributed by atoms with Crippen LogP contribution in [0.2, 0.25) is 0 Å². The second-order valence-corrected chi connectivity index (χ2v) is 3.69. The largest absolute Gasteiger partial charge is 0.506 e. The lowest BCUT2D eigenvalue weighted by Gasteiger charge is -2.09. The van der Waals surface area contributed by atoms with Crippen LogP contribution in [0.1, 0.15) is 12.8 Å². The number of hydrogen-bond donors (Lipinski definition) is 0. The van der Waals surface area contributed by atoms with E-state index in [0.29, 0.717) is 0 Å². The molecule has 0 atom stereocenters. The van der Waals surface area contributed by atoms with E-state index in [1.165, 1.54) is 0 Å². The van der Waals surface area contributed by atoms with Crippen LogP contribution in [0.5, 0.6) is 0 Å². The van der Waals surface area contributed by atoms with Crippen molar-refractivity contribution >= 4 is 16.6 Å². The highest BCUT2D eigenvalue weighted by Crippen LogP contribution is 1.87. The zero-order valence-corrected chi connectivity index (χ0v) is 10.5. The highest BCUT2D eigenvalue weighted by molar-refractivity contribution is 5.97. The second-order valence-electron chi connectivity index (χ2n) is 3.12. The molecule has 0 aliphatic heterocycles. The summed E-state index contributed by atoms with van der Waals surface area (Å²) in [6, 6.07) is 0. The first-order chi connectivity index (χ1) is 5.77. The summed E-state index contributed by atoms with van der Waals surface area (Å²) in [6.07, 6.45) is 2.15. The van der Waals surface area contributed by atoms with Crippen LogP contribution in [0.4, 0.5) is 0 Å². The Morgan fingerprint density at radius 2 is 1.75 bits per heavy atom. The summed E-state index contributed by atoms with van der Waals surface area (Å²) in [7, 11) is 4.16. The minimum atomic E-state index is 0.843. The topological polar surface area (TPSA) is 21.7 Å². The molecule has 12 heavy (non-hydrogen) atoms. The number of ether oxygens (including phenoxy) is 1. The van der Waals surface area contributed by atoms with E-state index in [2.05, 4.69) is 19.0 Å². The molecule has 0 unspecified atom stereocenters. The summed E-state index contributed by atoms with van der Waals surface area (Å²) in [6.45, 7) is 3.69. The molecule has 0 amide bonds. The lowest BCUT2D eigenvalue weighted by atomic mass is 10.4. The molecule has 72 valence electrons. The summed E-state index contributed by atoms with van der Waals surface area (Å²) >= 11 is 0.844. The van der Waals surface area contributed by atoms with Gasteiger partial charge < -0.3 is 13.4 Å². The predicted octanol–water partition coefficient (Wildman–Crippen LogP) is -0.0905. The third kappa shape index (κ3) is 10.4. The Morgan fingerprint density at radius 3 is 2.33 bits per heavy atom. The van der Waals surface area contributed by atoms with Crippen LogP contribution in [0.25, 0.3) is 0 Å². The second kappa shape index (κ2) is 9.50. The van der Waals surface area contributed by atoms with E-state index in [0.717, 1.165) is 55.8 Å². The first kappa shape index (κ1) is 12.4. The molecule has 0 rings (SSSR count). The lowest BCUT2D eigenvalue weighted by molar-refractivity contribution is 0.114. The molecule has 0 fully saturated rings. The van der Waals surface area contributed by atoms with Gasteiger partial charge in [-0.25, -0.2) is 0 Å². The average molecular weight is 189 g/mol. The SMILES string of the molecule is CN(C)CCCOCCC[O][AlH2]. The molecule has 0 saturated heterocycles. The quantitative estimate of drug-likeness (QED) is 0.393. The van der Waals surface area contributed by atoms with E-state index in [-0.39, 0.29) is 0 Å². The predicted molar refractivity (Wildman–Crippen MR) is 53.1 cm³/mol. The maximum absolute atomic E-state index is 5.39. The van der Waals surface area contributed by atoms with Crippen LogP contribution >= 0.6 is 0 Å². The van der Waals surface area contributed by atoms with Crippen molar-refractivity contribution in [3.05, 3.63) is 0 Å². The third-order valence-corrected chi connectivity index (χ3v) is 1.94. The summed E-state index contributed by atoms with van der Waals surface area (Å²) in [5.41, 5.74) is 0. The molecule has 4 heteroatoms. The van der Waals surface area contributed by atoms with Crippen LogP contribution in [-0.2, 0) is 8.53 Å². The molecule has 0 spiro atoms. The maximum Gasteiger partial charge on any atom is 0.410 e. The van der Waals surface area contributed by atoms with Gasteiger partial charge in [0.15, 0.2) is 0 Å². The van der Waals surface area contributed by atoms with Crippen molar-refractivity contribution in [1.29, 1.82) is 0 Å². The highest BCUT2D eigenvalue weighted by atomic mass is 27.1. The van der Waals surface area contributed by atoms with Crippen molar-refractivity contribution in [2.45, 2.75) is 12.8 Å². The summed E-state index contributed by atoms with van der Waals surface area (Å²) in [4.78, 5) is 2.17. The molecule has 0 N–H and O–H groups in total. The zero-order chi connectivity index (χ0) is 9.23. The summed E-state index contributed by atoms with van der Waals surface area (Å²) < 4.78 is 10.4. The monoisotopic (exact) mass is 189 g/mol. The molecule has 0 aliphatic carbocycles. The average Bonchev–Trinajstić information content (AvgIpc) is 2.02. The van der Waals surface area contributed by atoms with Crippen molar-refractivity contribution in [2.75, 3.05) is 40.5 Å². The van der Waals surface area contributed by atoms with Gasteiger partial charge in [-0.2, -0.15) is 0 Å². The molecule has 0 bridgehead atoms. The normalized spacial score (nSPS) is 10.9. The van der Waals surface area contributed by atoms with Crippen LogP contribution in [-0.4, -0.2) is 62.0 Å². The molecular weight excluding hydrogens is 169 g/mol. The Bertz CT molecular complexity index is 91.1. The summed E-state index contributed by atoms with van der Waals surface area (Å²) in [5, 5.41) is 0. The van der Waals surface area contributed by atoms with Gasteiger partial charge in [0.25, 0.3) is 0 Å². The fourth-order valence-electron chi connectivity index (χ4n) is 0.890. The van der Waals surface area contributed by atoms with E-state index in [1.807, 2.05) is 0 Å². The summed E-state index contributed by atoms with van der Waals surface area (Å²) in [5.74, 6) is 0. The molecule has 0 saturated carbocycles. The Labute approximate surface area is 83.8 Å². The van der Waals surface area contributed by atoms with Crippen molar-refractivity contribution < 1.29 is 8.53 Å². The van der Waals surface area contributed by atoms with Crippen molar-refractivity contribution in [3.8, 4) is 0 Å². The molecular formula is C8H20AlNO2. The Morgan fingerprint density at radius 1 is 1.08 bits per heavy atom. The van der Waals surface area contributed by atoms with Crippen molar-refractivity contribution in [2.24, 2.45) is 0 Å². The Balaban J connectivity index is 2.82. The number of rotatable bonds is 8. The maximum atomic E-state index is 5.39. The van der Waals surface area contributed by atoms with Gasteiger partial charge in [0.1, 0.15) is 0 Å². The Hall–Kier alpha value is 0.412. The number of nitrogens with zero attached hydrogens (tertiary/aromatic N) is 1. The number of hydrogen-bond acceptors (Lipinski definition) is 3. The van der Waals surface area contributed by atoms with Gasteiger partial charge in [0, 0.05) is 19.8 Å². The van der Waals surface area contributed by atoms with Gasteiger partial charge in [-0.05, 0) is 33.5 Å². The molecule has 0 heterocycles. The lowest BCUT2D eigenvalue weighted by Crippen LogP contribution is -2.15. The smallest absolute Gasteiger partial charge is 0.410 e. The van der Waals surface area contributed by atoms with Crippen LogP contribution < -0.4 is 0 Å². The molecule has 0 aromatic carbocycles. The zero-order valence-electron chi connectivity index (χ0n) is 8.51. The molecule has 0 aromatic heterocycles. The van der Waals surface area contributed by atoms with E-state index in [4.69, 9.17) is 8.53 Å².